The monoisotopic (exact) mass is 312 g/mol. The third-order valence-corrected chi connectivity index (χ3v) is 4.27. The average Bonchev–Trinajstić information content (AvgIpc) is 2.76. The lowest BCUT2D eigenvalue weighted by Gasteiger charge is -2.14. The quantitative estimate of drug-likeness (QED) is 0.924. The van der Waals surface area contributed by atoms with Crippen molar-refractivity contribution in [2.45, 2.75) is 11.8 Å². The van der Waals surface area contributed by atoms with Crippen LogP contribution in [0.2, 0.25) is 0 Å². The van der Waals surface area contributed by atoms with Crippen molar-refractivity contribution in [2.75, 3.05) is 30.5 Å². The van der Waals surface area contributed by atoms with Crippen LogP contribution in [0.5, 0.6) is 0 Å². The van der Waals surface area contributed by atoms with Gasteiger partial charge in [-0.15, -0.1) is 5.10 Å². The van der Waals surface area contributed by atoms with Crippen LogP contribution in [0, 0.1) is 5.82 Å². The number of anilines is 2. The molecule has 0 spiro atoms. The summed E-state index contributed by atoms with van der Waals surface area (Å²) >= 11 is 0. The van der Waals surface area contributed by atoms with Crippen molar-refractivity contribution < 1.29 is 12.8 Å². The topological polar surface area (TPSA) is 81.2 Å². The Morgan fingerprint density at radius 3 is 2.38 bits per heavy atom. The second-order valence-corrected chi connectivity index (χ2v) is 6.67. The molecule has 2 aromatic rings. The van der Waals surface area contributed by atoms with Gasteiger partial charge < -0.3 is 10.6 Å². The number of hydrogen-bond acceptors (Lipinski definition) is 5. The molecule has 21 heavy (non-hydrogen) atoms. The molecule has 0 atom stereocenters. The number of halogens is 1. The summed E-state index contributed by atoms with van der Waals surface area (Å²) in [5.74, 6) is -0.0973. The average molecular weight is 312 g/mol. The van der Waals surface area contributed by atoms with Crippen LogP contribution in [0.3, 0.4) is 0 Å². The summed E-state index contributed by atoms with van der Waals surface area (Å²) in [6.45, 7) is 2.45. The second kappa shape index (κ2) is 5.36. The Bertz CT molecular complexity index is 753. The SMILES string of the molecule is CCN(C)c1nn(-c2ccc(F)cc2)c(N)c1S(C)(=O)=O. The molecule has 0 aliphatic rings. The minimum absolute atomic E-state index is 0.0133. The number of nitrogen functional groups attached to an aromatic ring is 1. The molecule has 1 aromatic heterocycles. The number of hydrogen-bond donors (Lipinski definition) is 1. The van der Waals surface area contributed by atoms with Gasteiger partial charge in [0.15, 0.2) is 20.6 Å². The third-order valence-electron chi connectivity index (χ3n) is 3.14. The summed E-state index contributed by atoms with van der Waals surface area (Å²) in [6.07, 6.45) is 1.09. The highest BCUT2D eigenvalue weighted by Gasteiger charge is 2.26. The number of sulfone groups is 1. The summed E-state index contributed by atoms with van der Waals surface area (Å²) in [5.41, 5.74) is 6.45. The molecule has 8 heteroatoms. The van der Waals surface area contributed by atoms with E-state index in [0.717, 1.165) is 6.26 Å². The van der Waals surface area contributed by atoms with Gasteiger partial charge in [-0.3, -0.25) is 0 Å². The van der Waals surface area contributed by atoms with E-state index in [4.69, 9.17) is 5.73 Å². The van der Waals surface area contributed by atoms with E-state index >= 15 is 0 Å². The van der Waals surface area contributed by atoms with Crippen molar-refractivity contribution in [3.8, 4) is 5.69 Å². The van der Waals surface area contributed by atoms with Gasteiger partial charge in [0.1, 0.15) is 11.6 Å². The molecular weight excluding hydrogens is 295 g/mol. The van der Waals surface area contributed by atoms with Crippen molar-refractivity contribution in [2.24, 2.45) is 0 Å². The maximum atomic E-state index is 13.0. The number of nitrogens with two attached hydrogens (primary N) is 1. The van der Waals surface area contributed by atoms with Crippen LogP contribution in [-0.4, -0.2) is 38.0 Å². The van der Waals surface area contributed by atoms with Gasteiger partial charge in [-0.25, -0.2) is 17.5 Å². The molecule has 1 heterocycles. The fourth-order valence-electron chi connectivity index (χ4n) is 1.94. The van der Waals surface area contributed by atoms with E-state index in [0.29, 0.717) is 12.2 Å². The summed E-state index contributed by atoms with van der Waals surface area (Å²) in [6, 6.07) is 5.50. The first-order chi connectivity index (χ1) is 9.75. The summed E-state index contributed by atoms with van der Waals surface area (Å²) < 4.78 is 38.2. The molecule has 0 saturated heterocycles. The molecular formula is C13H17FN4O2S. The predicted octanol–water partition coefficient (Wildman–Crippen LogP) is 1.45. The Balaban J connectivity index is 2.70. The fraction of sp³-hybridized carbons (Fsp3) is 0.308. The first-order valence-corrected chi connectivity index (χ1v) is 8.20. The van der Waals surface area contributed by atoms with E-state index in [9.17, 15) is 12.8 Å². The largest absolute Gasteiger partial charge is 0.382 e. The summed E-state index contributed by atoms with van der Waals surface area (Å²) in [4.78, 5) is 1.67. The molecule has 1 aromatic carbocycles. The van der Waals surface area contributed by atoms with E-state index in [1.54, 1.807) is 11.9 Å². The Morgan fingerprint density at radius 1 is 1.33 bits per heavy atom. The highest BCUT2D eigenvalue weighted by Crippen LogP contribution is 2.31. The molecule has 0 amide bonds. The van der Waals surface area contributed by atoms with Crippen LogP contribution in [0.15, 0.2) is 29.2 Å². The van der Waals surface area contributed by atoms with Crippen LogP contribution in [0.1, 0.15) is 6.92 Å². The third kappa shape index (κ3) is 2.85. The minimum Gasteiger partial charge on any atom is -0.382 e. The van der Waals surface area contributed by atoms with Crippen molar-refractivity contribution in [1.82, 2.24) is 9.78 Å². The van der Waals surface area contributed by atoms with Gasteiger partial charge in [-0.1, -0.05) is 0 Å². The Morgan fingerprint density at radius 2 is 1.90 bits per heavy atom. The van der Waals surface area contributed by atoms with Crippen LogP contribution in [0.25, 0.3) is 5.69 Å². The molecule has 0 saturated carbocycles. The maximum Gasteiger partial charge on any atom is 0.182 e. The van der Waals surface area contributed by atoms with Crippen LogP contribution < -0.4 is 10.6 Å². The van der Waals surface area contributed by atoms with E-state index in [2.05, 4.69) is 5.10 Å². The maximum absolute atomic E-state index is 13.0. The van der Waals surface area contributed by atoms with Crippen molar-refractivity contribution >= 4 is 21.5 Å². The molecule has 0 bridgehead atoms. The van der Waals surface area contributed by atoms with Gasteiger partial charge in [0.2, 0.25) is 0 Å². The van der Waals surface area contributed by atoms with Gasteiger partial charge >= 0.3 is 0 Å². The molecule has 6 nitrogen and oxygen atoms in total. The smallest absolute Gasteiger partial charge is 0.182 e. The van der Waals surface area contributed by atoms with Gasteiger partial charge in [0.25, 0.3) is 0 Å². The molecule has 0 fully saturated rings. The van der Waals surface area contributed by atoms with Gasteiger partial charge in [-0.2, -0.15) is 0 Å². The van der Waals surface area contributed by atoms with Crippen molar-refractivity contribution in [3.63, 3.8) is 0 Å². The molecule has 114 valence electrons. The van der Waals surface area contributed by atoms with Crippen LogP contribution in [0.4, 0.5) is 16.0 Å². The molecule has 0 aliphatic heterocycles. The fourth-order valence-corrected chi connectivity index (χ4v) is 2.93. The van der Waals surface area contributed by atoms with Crippen LogP contribution >= 0.6 is 0 Å². The zero-order chi connectivity index (χ0) is 15.8. The lowest BCUT2D eigenvalue weighted by Crippen LogP contribution is -2.19. The standard InChI is InChI=1S/C13H17FN4O2S/c1-4-17(2)13-11(21(3,19)20)12(15)18(16-13)10-7-5-9(14)6-8-10/h5-8H,4,15H2,1-3H3. The molecule has 0 radical (unpaired) electrons. The number of benzene rings is 1. The van der Waals surface area contributed by atoms with Crippen molar-refractivity contribution in [1.29, 1.82) is 0 Å². The van der Waals surface area contributed by atoms with E-state index in [1.165, 1.54) is 28.9 Å². The number of aromatic nitrogens is 2. The lowest BCUT2D eigenvalue weighted by molar-refractivity contribution is 0.602. The molecule has 2 rings (SSSR count). The van der Waals surface area contributed by atoms with Gasteiger partial charge in [-0.05, 0) is 31.2 Å². The highest BCUT2D eigenvalue weighted by molar-refractivity contribution is 7.91. The van der Waals surface area contributed by atoms with Crippen molar-refractivity contribution in [3.05, 3.63) is 30.1 Å². The van der Waals surface area contributed by atoms with Gasteiger partial charge in [0, 0.05) is 19.8 Å². The molecule has 0 aliphatic carbocycles. The molecule has 0 unspecified atom stereocenters. The molecule has 2 N–H and O–H groups in total. The predicted molar refractivity (Wildman–Crippen MR) is 80.0 cm³/mol. The Kier molecular flexibility index (Phi) is 3.91. The zero-order valence-corrected chi connectivity index (χ0v) is 12.9. The highest BCUT2D eigenvalue weighted by atomic mass is 32.2. The first-order valence-electron chi connectivity index (χ1n) is 6.31. The lowest BCUT2D eigenvalue weighted by atomic mass is 10.3. The van der Waals surface area contributed by atoms with Crippen LogP contribution in [-0.2, 0) is 9.84 Å². The second-order valence-electron chi connectivity index (χ2n) is 4.71. The number of nitrogens with zero attached hydrogens (tertiary/aromatic N) is 3. The zero-order valence-electron chi connectivity index (χ0n) is 12.0. The summed E-state index contributed by atoms with van der Waals surface area (Å²) in [5, 5.41) is 4.26. The van der Waals surface area contributed by atoms with Gasteiger partial charge in [0.05, 0.1) is 5.69 Å². The number of rotatable bonds is 4. The Hall–Kier alpha value is -2.09. The van der Waals surface area contributed by atoms with E-state index in [1.807, 2.05) is 6.92 Å². The normalized spacial score (nSPS) is 11.6. The van der Waals surface area contributed by atoms with E-state index in [-0.39, 0.29) is 16.5 Å². The summed E-state index contributed by atoms with van der Waals surface area (Å²) in [7, 11) is -1.81. The minimum atomic E-state index is -3.54. The first kappa shape index (κ1) is 15.3. The Labute approximate surface area is 122 Å². The van der Waals surface area contributed by atoms with E-state index < -0.39 is 15.7 Å².